The van der Waals surface area contributed by atoms with Gasteiger partial charge in [0.25, 0.3) is 0 Å². The van der Waals surface area contributed by atoms with Crippen LogP contribution in [-0.4, -0.2) is 37.5 Å². The maximum atomic E-state index is 10.4. The van der Waals surface area contributed by atoms with Gasteiger partial charge in [-0.05, 0) is 13.3 Å². The summed E-state index contributed by atoms with van der Waals surface area (Å²) in [6.07, 6.45) is 1.77. The molecule has 0 aromatic carbocycles. The summed E-state index contributed by atoms with van der Waals surface area (Å²) >= 11 is 0. The van der Waals surface area contributed by atoms with Crippen LogP contribution in [0.3, 0.4) is 0 Å². The molecule has 84 valence electrons. The Balaban J connectivity index is 3.70. The fourth-order valence-electron chi connectivity index (χ4n) is 0.785. The molecular formula is C10H15NO4. The third kappa shape index (κ3) is 6.66. The van der Waals surface area contributed by atoms with Crippen LogP contribution in [0.2, 0.25) is 0 Å². The van der Waals surface area contributed by atoms with Crippen LogP contribution in [0.25, 0.3) is 0 Å². The summed E-state index contributed by atoms with van der Waals surface area (Å²) < 4.78 is 10.1. The van der Waals surface area contributed by atoms with E-state index in [4.69, 9.17) is 19.8 Å². The van der Waals surface area contributed by atoms with Crippen LogP contribution in [0.1, 0.15) is 13.3 Å². The summed E-state index contributed by atoms with van der Waals surface area (Å²) in [5, 5.41) is 16.9. The van der Waals surface area contributed by atoms with Gasteiger partial charge in [0.1, 0.15) is 11.6 Å². The summed E-state index contributed by atoms with van der Waals surface area (Å²) in [6, 6.07) is 1.59. The Labute approximate surface area is 88.9 Å². The highest BCUT2D eigenvalue weighted by Gasteiger charge is 2.04. The molecule has 0 bridgehead atoms. The first-order chi connectivity index (χ1) is 7.11. The van der Waals surface area contributed by atoms with Crippen LogP contribution in [0.4, 0.5) is 0 Å². The number of aliphatic carboxylic acids is 1. The summed E-state index contributed by atoms with van der Waals surface area (Å²) in [7, 11) is 1.59. The molecule has 5 nitrogen and oxygen atoms in total. The molecule has 0 aliphatic heterocycles. The largest absolute Gasteiger partial charge is 0.477 e. The van der Waals surface area contributed by atoms with Crippen LogP contribution in [0, 0.1) is 11.3 Å². The van der Waals surface area contributed by atoms with E-state index in [0.29, 0.717) is 19.6 Å². The number of ether oxygens (including phenoxy) is 2. The van der Waals surface area contributed by atoms with Gasteiger partial charge < -0.3 is 14.6 Å². The molecule has 0 aliphatic rings. The van der Waals surface area contributed by atoms with Crippen molar-refractivity contribution < 1.29 is 19.4 Å². The van der Waals surface area contributed by atoms with Crippen LogP contribution in [0.15, 0.2) is 11.6 Å². The van der Waals surface area contributed by atoms with E-state index < -0.39 is 5.97 Å². The van der Waals surface area contributed by atoms with Crippen LogP contribution >= 0.6 is 0 Å². The van der Waals surface area contributed by atoms with Gasteiger partial charge in [0, 0.05) is 7.11 Å². The number of methoxy groups -OCH3 is 1. The van der Waals surface area contributed by atoms with Crippen molar-refractivity contribution in [3.63, 3.8) is 0 Å². The summed E-state index contributed by atoms with van der Waals surface area (Å²) in [5.74, 6) is -1.21. The highest BCUT2D eigenvalue weighted by atomic mass is 16.5. The van der Waals surface area contributed by atoms with Gasteiger partial charge in [-0.15, -0.1) is 0 Å². The van der Waals surface area contributed by atoms with Gasteiger partial charge in [-0.25, -0.2) is 4.79 Å². The lowest BCUT2D eigenvalue weighted by Crippen LogP contribution is -2.14. The van der Waals surface area contributed by atoms with Gasteiger partial charge in [0.2, 0.25) is 0 Å². The first-order valence-electron chi connectivity index (χ1n) is 4.56. The molecule has 5 heteroatoms. The van der Waals surface area contributed by atoms with Crippen LogP contribution in [-0.2, 0) is 14.3 Å². The predicted octanol–water partition coefficient (Wildman–Crippen LogP) is 0.963. The smallest absolute Gasteiger partial charge is 0.346 e. The van der Waals surface area contributed by atoms with E-state index in [2.05, 4.69) is 0 Å². The normalized spacial score (nSPS) is 13.3. The molecule has 0 spiro atoms. The zero-order valence-electron chi connectivity index (χ0n) is 8.90. The number of carbonyl (C=O) groups is 1. The van der Waals surface area contributed by atoms with E-state index in [9.17, 15) is 4.79 Å². The summed E-state index contributed by atoms with van der Waals surface area (Å²) in [5.41, 5.74) is -0.251. The molecule has 0 saturated heterocycles. The second kappa shape index (κ2) is 7.97. The quantitative estimate of drug-likeness (QED) is 0.387. The molecule has 0 aromatic heterocycles. The molecule has 0 heterocycles. The summed E-state index contributed by atoms with van der Waals surface area (Å²) in [4.78, 5) is 10.4. The molecule has 0 rings (SSSR count). The van der Waals surface area contributed by atoms with Crippen molar-refractivity contribution in [2.75, 3.05) is 20.3 Å². The molecular weight excluding hydrogens is 198 g/mol. The number of rotatable bonds is 7. The van der Waals surface area contributed by atoms with E-state index in [-0.39, 0.29) is 11.7 Å². The van der Waals surface area contributed by atoms with E-state index in [0.717, 1.165) is 0 Å². The monoisotopic (exact) mass is 213 g/mol. The molecule has 0 saturated carbocycles. The zero-order chi connectivity index (χ0) is 11.7. The van der Waals surface area contributed by atoms with Crippen molar-refractivity contribution >= 4 is 5.97 Å². The number of hydrogen-bond donors (Lipinski definition) is 1. The number of carboxylic acids is 1. The minimum atomic E-state index is -1.21. The van der Waals surface area contributed by atoms with Crippen LogP contribution in [0.5, 0.6) is 0 Å². The second-order valence-corrected chi connectivity index (χ2v) is 2.94. The molecule has 0 fully saturated rings. The van der Waals surface area contributed by atoms with Crippen molar-refractivity contribution in [1.82, 2.24) is 0 Å². The topological polar surface area (TPSA) is 79.5 Å². The van der Waals surface area contributed by atoms with Crippen molar-refractivity contribution in [1.29, 1.82) is 5.26 Å². The highest BCUT2D eigenvalue weighted by Crippen LogP contribution is 1.97. The molecule has 1 unspecified atom stereocenters. The standard InChI is InChI=1S/C10H15NO4/c1-8(14-2)7-15-5-3-4-9(6-11)10(12)13/h4,8H,3,5,7H2,1-2H3,(H,12,13). The Hall–Kier alpha value is -1.38. The van der Waals surface area contributed by atoms with Crippen LogP contribution < -0.4 is 0 Å². The number of nitriles is 1. The lowest BCUT2D eigenvalue weighted by molar-refractivity contribution is -0.132. The Morgan fingerprint density at radius 2 is 2.33 bits per heavy atom. The Bertz CT molecular complexity index is 267. The third-order valence-corrected chi connectivity index (χ3v) is 1.72. The van der Waals surface area contributed by atoms with Gasteiger partial charge in [0.05, 0.1) is 19.3 Å². The number of carboxylic acid groups (broad SMARTS) is 1. The molecule has 0 radical (unpaired) electrons. The lowest BCUT2D eigenvalue weighted by atomic mass is 10.2. The lowest BCUT2D eigenvalue weighted by Gasteiger charge is -2.08. The minimum Gasteiger partial charge on any atom is -0.477 e. The third-order valence-electron chi connectivity index (χ3n) is 1.72. The molecule has 0 aliphatic carbocycles. The van der Waals surface area contributed by atoms with E-state index >= 15 is 0 Å². The fourth-order valence-corrected chi connectivity index (χ4v) is 0.785. The molecule has 1 atom stereocenters. The zero-order valence-corrected chi connectivity index (χ0v) is 8.90. The Morgan fingerprint density at radius 1 is 1.67 bits per heavy atom. The maximum Gasteiger partial charge on any atom is 0.346 e. The first-order valence-corrected chi connectivity index (χ1v) is 4.56. The van der Waals surface area contributed by atoms with Gasteiger partial charge in [-0.1, -0.05) is 6.08 Å². The number of nitrogens with zero attached hydrogens (tertiary/aromatic N) is 1. The summed E-state index contributed by atoms with van der Waals surface area (Å²) in [6.45, 7) is 2.71. The van der Waals surface area contributed by atoms with E-state index in [1.165, 1.54) is 6.08 Å². The predicted molar refractivity (Wildman–Crippen MR) is 53.2 cm³/mol. The Kier molecular flexibility index (Phi) is 7.24. The van der Waals surface area contributed by atoms with Gasteiger partial charge in [0.15, 0.2) is 0 Å². The second-order valence-electron chi connectivity index (χ2n) is 2.94. The minimum absolute atomic E-state index is 0.0175. The van der Waals surface area contributed by atoms with Gasteiger partial charge in [-0.2, -0.15) is 5.26 Å². The molecule has 0 amide bonds. The molecule has 1 N–H and O–H groups in total. The maximum absolute atomic E-state index is 10.4. The molecule has 0 aromatic rings. The Morgan fingerprint density at radius 3 is 2.80 bits per heavy atom. The van der Waals surface area contributed by atoms with Crippen molar-refractivity contribution in [3.05, 3.63) is 11.6 Å². The average Bonchev–Trinajstić information content (AvgIpc) is 2.22. The fraction of sp³-hybridized carbons (Fsp3) is 0.600. The average molecular weight is 213 g/mol. The van der Waals surface area contributed by atoms with Gasteiger partial charge >= 0.3 is 5.97 Å². The highest BCUT2D eigenvalue weighted by molar-refractivity contribution is 5.90. The molecule has 15 heavy (non-hydrogen) atoms. The van der Waals surface area contributed by atoms with Gasteiger partial charge in [-0.3, -0.25) is 0 Å². The SMILES string of the molecule is COC(C)COCCC=C(C#N)C(=O)O. The van der Waals surface area contributed by atoms with E-state index in [1.54, 1.807) is 13.2 Å². The van der Waals surface area contributed by atoms with Crippen molar-refractivity contribution in [2.24, 2.45) is 0 Å². The van der Waals surface area contributed by atoms with Crippen molar-refractivity contribution in [3.8, 4) is 6.07 Å². The van der Waals surface area contributed by atoms with E-state index in [1.807, 2.05) is 6.92 Å². The van der Waals surface area contributed by atoms with Crippen molar-refractivity contribution in [2.45, 2.75) is 19.4 Å². The number of hydrogen-bond acceptors (Lipinski definition) is 4. The first kappa shape index (κ1) is 13.6.